The van der Waals surface area contributed by atoms with Crippen LogP contribution in [-0.4, -0.2) is 39.7 Å². The molecule has 2 aliphatic rings. The Balaban J connectivity index is 1.53. The van der Waals surface area contributed by atoms with Crippen LogP contribution in [-0.2, 0) is 0 Å². The van der Waals surface area contributed by atoms with Crippen molar-refractivity contribution >= 4 is 28.3 Å². The second-order valence-electron chi connectivity index (χ2n) is 7.92. The van der Waals surface area contributed by atoms with Gasteiger partial charge in [-0.3, -0.25) is 4.79 Å². The van der Waals surface area contributed by atoms with E-state index in [4.69, 9.17) is 17.4 Å². The van der Waals surface area contributed by atoms with Crippen LogP contribution in [0.15, 0.2) is 42.5 Å². The monoisotopic (exact) mass is 394 g/mol. The predicted molar refractivity (Wildman–Crippen MR) is 111 cm³/mol. The van der Waals surface area contributed by atoms with Gasteiger partial charge in [0, 0.05) is 28.5 Å². The van der Waals surface area contributed by atoms with Crippen molar-refractivity contribution in [2.75, 3.05) is 18.9 Å². The number of nitrogens with two attached hydrogens (primary N) is 1. The average Bonchev–Trinajstić information content (AvgIpc) is 3.31. The van der Waals surface area contributed by atoms with Crippen molar-refractivity contribution in [3.05, 3.63) is 64.3 Å². The van der Waals surface area contributed by atoms with Gasteiger partial charge in [-0.15, -0.1) is 0 Å². The minimum atomic E-state index is -0.0752. The molecule has 0 bridgehead atoms. The molecular formula is C22H23ClN4O. The van der Waals surface area contributed by atoms with Gasteiger partial charge in [-0.1, -0.05) is 23.7 Å². The van der Waals surface area contributed by atoms with Crippen LogP contribution in [0, 0.1) is 0 Å². The molecule has 2 unspecified atom stereocenters. The summed E-state index contributed by atoms with van der Waals surface area (Å²) in [6, 6.07) is 13.5. The predicted octanol–water partition coefficient (Wildman–Crippen LogP) is 3.98. The molecule has 1 aromatic heterocycles. The molecule has 2 atom stereocenters. The highest BCUT2D eigenvalue weighted by Crippen LogP contribution is 2.38. The number of carbonyl (C=O) groups excluding carboxylic acids is 1. The third-order valence-electron chi connectivity index (χ3n) is 6.32. The lowest BCUT2D eigenvalue weighted by atomic mass is 9.87. The first kappa shape index (κ1) is 17.7. The number of nitrogens with zero attached hydrogens (tertiary/aromatic N) is 3. The largest absolute Gasteiger partial charge is 0.323 e. The molecule has 2 N–H and O–H groups in total. The number of rotatable bonds is 3. The maximum absolute atomic E-state index is 13.0. The summed E-state index contributed by atoms with van der Waals surface area (Å²) in [5.41, 5.74) is 3.02. The van der Waals surface area contributed by atoms with Crippen molar-refractivity contribution in [2.24, 2.45) is 0 Å². The van der Waals surface area contributed by atoms with Gasteiger partial charge >= 0.3 is 0 Å². The Morgan fingerprint density at radius 1 is 1.14 bits per heavy atom. The molecule has 3 heterocycles. The van der Waals surface area contributed by atoms with Crippen LogP contribution in [0.2, 0.25) is 5.02 Å². The molecule has 5 nitrogen and oxygen atoms in total. The van der Waals surface area contributed by atoms with Gasteiger partial charge in [-0.2, -0.15) is 9.89 Å². The Morgan fingerprint density at radius 2 is 2.00 bits per heavy atom. The third-order valence-corrected chi connectivity index (χ3v) is 6.65. The Morgan fingerprint density at radius 3 is 2.86 bits per heavy atom. The summed E-state index contributed by atoms with van der Waals surface area (Å²) in [6.45, 7) is 2.34. The summed E-state index contributed by atoms with van der Waals surface area (Å²) in [7, 11) is 0. The number of halogens is 1. The molecule has 2 fully saturated rings. The van der Waals surface area contributed by atoms with Crippen LogP contribution in [0.4, 0.5) is 0 Å². The first-order valence-corrected chi connectivity index (χ1v) is 10.3. The van der Waals surface area contributed by atoms with Crippen LogP contribution in [0.1, 0.15) is 53.2 Å². The van der Waals surface area contributed by atoms with Gasteiger partial charge in [0.25, 0.3) is 0 Å². The summed E-state index contributed by atoms with van der Waals surface area (Å²) in [6.07, 6.45) is 4.77. The van der Waals surface area contributed by atoms with Crippen molar-refractivity contribution in [3.8, 4) is 0 Å². The van der Waals surface area contributed by atoms with Gasteiger partial charge in [-0.25, -0.2) is 0 Å². The summed E-state index contributed by atoms with van der Waals surface area (Å²) in [5.74, 6) is 6.45. The lowest BCUT2D eigenvalue weighted by Gasteiger charge is -2.34. The van der Waals surface area contributed by atoms with E-state index in [0.717, 1.165) is 36.0 Å². The SMILES string of the molecule is Nn1nc(C2CCN3CCCC3C2)c2cc(C(=O)c3ccccc3Cl)ccc21. The zero-order valence-corrected chi connectivity index (χ0v) is 16.4. The minimum Gasteiger partial charge on any atom is -0.323 e. The summed E-state index contributed by atoms with van der Waals surface area (Å²) in [4.78, 5) is 17.1. The smallest absolute Gasteiger partial charge is 0.194 e. The van der Waals surface area contributed by atoms with Crippen LogP contribution < -0.4 is 5.84 Å². The molecule has 2 aromatic carbocycles. The molecule has 28 heavy (non-hydrogen) atoms. The number of piperidine rings is 1. The number of benzene rings is 2. The maximum atomic E-state index is 13.0. The van der Waals surface area contributed by atoms with E-state index in [2.05, 4.69) is 10.00 Å². The Bertz CT molecular complexity index is 1060. The van der Waals surface area contributed by atoms with Crippen LogP contribution in [0.25, 0.3) is 10.9 Å². The quantitative estimate of drug-likeness (QED) is 0.539. The fourth-order valence-electron chi connectivity index (χ4n) is 4.88. The number of fused-ring (bicyclic) bond motifs is 2. The topological polar surface area (TPSA) is 64.2 Å². The number of aromatic nitrogens is 2. The number of nitrogen functional groups attached to an aromatic ring is 1. The Labute approximate surface area is 169 Å². The van der Waals surface area contributed by atoms with E-state index in [0.29, 0.717) is 28.1 Å². The minimum absolute atomic E-state index is 0.0752. The molecule has 3 aromatic rings. The van der Waals surface area contributed by atoms with Gasteiger partial charge in [0.15, 0.2) is 5.78 Å². The van der Waals surface area contributed by atoms with Gasteiger partial charge < -0.3 is 10.7 Å². The van der Waals surface area contributed by atoms with Crippen LogP contribution >= 0.6 is 11.6 Å². The highest BCUT2D eigenvalue weighted by atomic mass is 35.5. The number of carbonyl (C=O) groups is 1. The van der Waals surface area contributed by atoms with Gasteiger partial charge in [0.2, 0.25) is 0 Å². The van der Waals surface area contributed by atoms with Crippen LogP contribution in [0.3, 0.4) is 0 Å². The maximum Gasteiger partial charge on any atom is 0.194 e. The molecule has 0 saturated carbocycles. The zero-order chi connectivity index (χ0) is 19.3. The van der Waals surface area contributed by atoms with Crippen molar-refractivity contribution in [1.29, 1.82) is 0 Å². The highest BCUT2D eigenvalue weighted by Gasteiger charge is 2.34. The molecule has 5 rings (SSSR count). The van der Waals surface area contributed by atoms with Crippen molar-refractivity contribution in [3.63, 3.8) is 0 Å². The van der Waals surface area contributed by atoms with E-state index in [1.54, 1.807) is 12.1 Å². The number of ketones is 1. The molecule has 0 radical (unpaired) electrons. The first-order valence-electron chi connectivity index (χ1n) is 9.93. The van der Waals surface area contributed by atoms with Crippen molar-refractivity contribution < 1.29 is 4.79 Å². The summed E-state index contributed by atoms with van der Waals surface area (Å²) in [5, 5.41) is 6.11. The molecule has 0 amide bonds. The van der Waals surface area contributed by atoms with Gasteiger partial charge in [0.1, 0.15) is 0 Å². The zero-order valence-electron chi connectivity index (χ0n) is 15.6. The van der Waals surface area contributed by atoms with E-state index in [-0.39, 0.29) is 5.78 Å². The normalized spacial score (nSPS) is 22.5. The standard InChI is InChI=1S/C22H23ClN4O/c23-19-6-2-1-5-17(19)22(28)15-7-8-20-18(13-15)21(25-27(20)24)14-9-11-26-10-3-4-16(26)12-14/h1-2,5-8,13-14,16H,3-4,9-12,24H2. The molecule has 144 valence electrons. The molecule has 0 aliphatic carbocycles. The molecule has 0 spiro atoms. The Kier molecular flexibility index (Phi) is 4.37. The van der Waals surface area contributed by atoms with E-state index >= 15 is 0 Å². The van der Waals surface area contributed by atoms with E-state index < -0.39 is 0 Å². The Hall–Kier alpha value is -2.37. The summed E-state index contributed by atoms with van der Waals surface area (Å²) < 4.78 is 0. The van der Waals surface area contributed by atoms with E-state index in [9.17, 15) is 4.79 Å². The van der Waals surface area contributed by atoms with Crippen molar-refractivity contribution in [2.45, 2.75) is 37.6 Å². The fourth-order valence-corrected chi connectivity index (χ4v) is 5.10. The van der Waals surface area contributed by atoms with Crippen LogP contribution in [0.5, 0.6) is 0 Å². The number of hydrogen-bond acceptors (Lipinski definition) is 4. The van der Waals surface area contributed by atoms with Crippen molar-refractivity contribution in [1.82, 2.24) is 14.8 Å². The average molecular weight is 395 g/mol. The second-order valence-corrected chi connectivity index (χ2v) is 8.33. The first-order chi connectivity index (χ1) is 13.6. The van der Waals surface area contributed by atoms with Gasteiger partial charge in [-0.05, 0) is 69.1 Å². The highest BCUT2D eigenvalue weighted by molar-refractivity contribution is 6.35. The molecule has 2 saturated heterocycles. The third kappa shape index (κ3) is 2.90. The summed E-state index contributed by atoms with van der Waals surface area (Å²) >= 11 is 6.23. The lowest BCUT2D eigenvalue weighted by Crippen LogP contribution is -2.37. The second kappa shape index (κ2) is 6.90. The van der Waals surface area contributed by atoms with Gasteiger partial charge in [0.05, 0.1) is 16.2 Å². The van der Waals surface area contributed by atoms with E-state index in [1.807, 2.05) is 30.3 Å². The fraction of sp³-hybridized carbons (Fsp3) is 0.364. The molecule has 6 heteroatoms. The van der Waals surface area contributed by atoms with E-state index in [1.165, 1.54) is 24.2 Å². The molecule has 2 aliphatic heterocycles. The lowest BCUT2D eigenvalue weighted by molar-refractivity contribution is 0.103. The molecular weight excluding hydrogens is 372 g/mol. The number of hydrogen-bond donors (Lipinski definition) is 1.